The molecule has 0 bridgehead atoms. The zero-order valence-corrected chi connectivity index (χ0v) is 13.6. The van der Waals surface area contributed by atoms with E-state index in [1.54, 1.807) is 0 Å². The minimum Gasteiger partial charge on any atom is -0.354 e. The van der Waals surface area contributed by atoms with Crippen LogP contribution in [0.15, 0.2) is 34.8 Å². The molecule has 2 aromatic rings. The molecule has 0 atom stereocenters. The number of hydrogen-bond acceptors (Lipinski definition) is 3. The SMILES string of the molecule is CC(C)N1CCN(c2ccc3cccc(Br)c3n2)CC1. The molecule has 1 fully saturated rings. The summed E-state index contributed by atoms with van der Waals surface area (Å²) in [6.07, 6.45) is 0. The van der Waals surface area contributed by atoms with Gasteiger partial charge in [0.15, 0.2) is 0 Å². The number of rotatable bonds is 2. The minimum atomic E-state index is 0.635. The fourth-order valence-electron chi connectivity index (χ4n) is 2.74. The summed E-state index contributed by atoms with van der Waals surface area (Å²) in [6.45, 7) is 8.88. The second-order valence-corrected chi connectivity index (χ2v) is 6.45. The van der Waals surface area contributed by atoms with Crippen LogP contribution >= 0.6 is 15.9 Å². The van der Waals surface area contributed by atoms with Gasteiger partial charge in [-0.3, -0.25) is 4.90 Å². The van der Waals surface area contributed by atoms with Gasteiger partial charge in [0.05, 0.1) is 5.52 Å². The fourth-order valence-corrected chi connectivity index (χ4v) is 3.21. The molecule has 0 unspecified atom stereocenters. The van der Waals surface area contributed by atoms with Crippen LogP contribution in [-0.4, -0.2) is 42.1 Å². The lowest BCUT2D eigenvalue weighted by Gasteiger charge is -2.37. The van der Waals surface area contributed by atoms with Crippen molar-refractivity contribution in [2.45, 2.75) is 19.9 Å². The number of benzene rings is 1. The summed E-state index contributed by atoms with van der Waals surface area (Å²) < 4.78 is 1.07. The first-order valence-electron chi connectivity index (χ1n) is 7.19. The number of anilines is 1. The lowest BCUT2D eigenvalue weighted by Crippen LogP contribution is -2.49. The van der Waals surface area contributed by atoms with Crippen LogP contribution in [0.5, 0.6) is 0 Å². The summed E-state index contributed by atoms with van der Waals surface area (Å²) in [5, 5.41) is 1.18. The van der Waals surface area contributed by atoms with E-state index >= 15 is 0 Å². The molecule has 0 amide bonds. The Morgan fingerprint density at radius 3 is 2.50 bits per heavy atom. The van der Waals surface area contributed by atoms with Crippen molar-refractivity contribution in [3.05, 3.63) is 34.8 Å². The number of aromatic nitrogens is 1. The molecule has 3 rings (SSSR count). The summed E-state index contributed by atoms with van der Waals surface area (Å²) in [5.41, 5.74) is 1.05. The Labute approximate surface area is 128 Å². The van der Waals surface area contributed by atoms with Gasteiger partial charge in [0, 0.05) is 42.1 Å². The van der Waals surface area contributed by atoms with E-state index in [0.717, 1.165) is 42.0 Å². The van der Waals surface area contributed by atoms with Gasteiger partial charge in [0.1, 0.15) is 5.82 Å². The van der Waals surface area contributed by atoms with E-state index in [0.29, 0.717) is 6.04 Å². The van der Waals surface area contributed by atoms with E-state index in [1.165, 1.54) is 5.39 Å². The number of para-hydroxylation sites is 1. The Kier molecular flexibility index (Phi) is 3.94. The maximum Gasteiger partial charge on any atom is 0.129 e. The molecule has 1 aromatic heterocycles. The molecule has 3 nitrogen and oxygen atoms in total. The number of nitrogens with zero attached hydrogens (tertiary/aromatic N) is 3. The van der Waals surface area contributed by atoms with Crippen molar-refractivity contribution in [3.8, 4) is 0 Å². The quantitative estimate of drug-likeness (QED) is 0.838. The molecule has 1 saturated heterocycles. The van der Waals surface area contributed by atoms with Crippen molar-refractivity contribution in [1.29, 1.82) is 0 Å². The maximum absolute atomic E-state index is 4.83. The summed E-state index contributed by atoms with van der Waals surface area (Å²) in [4.78, 5) is 9.74. The monoisotopic (exact) mass is 333 g/mol. The third-order valence-corrected chi connectivity index (χ3v) is 4.66. The Morgan fingerprint density at radius 2 is 1.80 bits per heavy atom. The molecular formula is C16H20BrN3. The number of hydrogen-bond donors (Lipinski definition) is 0. The van der Waals surface area contributed by atoms with Crippen molar-refractivity contribution in [1.82, 2.24) is 9.88 Å². The topological polar surface area (TPSA) is 19.4 Å². The van der Waals surface area contributed by atoms with Crippen molar-refractivity contribution < 1.29 is 0 Å². The molecule has 2 heterocycles. The lowest BCUT2D eigenvalue weighted by atomic mass is 10.2. The largest absolute Gasteiger partial charge is 0.354 e. The van der Waals surface area contributed by atoms with E-state index < -0.39 is 0 Å². The molecule has 0 N–H and O–H groups in total. The van der Waals surface area contributed by atoms with Gasteiger partial charge < -0.3 is 4.90 Å². The molecule has 1 aliphatic heterocycles. The van der Waals surface area contributed by atoms with Crippen molar-refractivity contribution in [2.24, 2.45) is 0 Å². The Morgan fingerprint density at radius 1 is 1.05 bits per heavy atom. The minimum absolute atomic E-state index is 0.635. The standard InChI is InChI=1S/C16H20BrN3/c1-12(2)19-8-10-20(11-9-19)15-7-6-13-4-3-5-14(17)16(13)18-15/h3-7,12H,8-11H2,1-2H3. The molecule has 106 valence electrons. The molecule has 0 aliphatic carbocycles. The first-order chi connectivity index (χ1) is 9.65. The Bertz CT molecular complexity index is 604. The van der Waals surface area contributed by atoms with E-state index in [-0.39, 0.29) is 0 Å². The van der Waals surface area contributed by atoms with Gasteiger partial charge in [0.25, 0.3) is 0 Å². The van der Waals surface area contributed by atoms with Gasteiger partial charge in [-0.05, 0) is 48.0 Å². The average Bonchev–Trinajstić information content (AvgIpc) is 2.47. The van der Waals surface area contributed by atoms with E-state index in [1.807, 2.05) is 0 Å². The molecule has 0 saturated carbocycles. The first kappa shape index (κ1) is 13.8. The smallest absolute Gasteiger partial charge is 0.129 e. The number of piperazine rings is 1. The highest BCUT2D eigenvalue weighted by molar-refractivity contribution is 9.10. The van der Waals surface area contributed by atoms with Crippen LogP contribution in [0.3, 0.4) is 0 Å². The van der Waals surface area contributed by atoms with Crippen LogP contribution in [0.4, 0.5) is 5.82 Å². The summed E-state index contributed by atoms with van der Waals surface area (Å²) in [7, 11) is 0. The van der Waals surface area contributed by atoms with Gasteiger partial charge in [-0.15, -0.1) is 0 Å². The van der Waals surface area contributed by atoms with Crippen LogP contribution in [0.2, 0.25) is 0 Å². The summed E-state index contributed by atoms with van der Waals surface area (Å²) in [5.74, 6) is 1.09. The third-order valence-electron chi connectivity index (χ3n) is 4.02. The highest BCUT2D eigenvalue weighted by Gasteiger charge is 2.19. The molecule has 0 spiro atoms. The second-order valence-electron chi connectivity index (χ2n) is 5.60. The van der Waals surface area contributed by atoms with Gasteiger partial charge in [-0.25, -0.2) is 4.98 Å². The third kappa shape index (κ3) is 2.67. The zero-order valence-electron chi connectivity index (χ0n) is 12.0. The van der Waals surface area contributed by atoms with Crippen molar-refractivity contribution >= 4 is 32.7 Å². The van der Waals surface area contributed by atoms with Gasteiger partial charge in [-0.2, -0.15) is 0 Å². The number of halogens is 1. The lowest BCUT2D eigenvalue weighted by molar-refractivity contribution is 0.209. The highest BCUT2D eigenvalue weighted by Crippen LogP contribution is 2.25. The van der Waals surface area contributed by atoms with Gasteiger partial charge in [-0.1, -0.05) is 12.1 Å². The fraction of sp³-hybridized carbons (Fsp3) is 0.438. The number of pyridine rings is 1. The normalized spacial score (nSPS) is 17.1. The first-order valence-corrected chi connectivity index (χ1v) is 7.99. The molecular weight excluding hydrogens is 314 g/mol. The van der Waals surface area contributed by atoms with Crippen LogP contribution in [0.1, 0.15) is 13.8 Å². The second kappa shape index (κ2) is 5.70. The Balaban J connectivity index is 1.83. The van der Waals surface area contributed by atoms with Crippen LogP contribution in [0.25, 0.3) is 10.9 Å². The molecule has 0 radical (unpaired) electrons. The van der Waals surface area contributed by atoms with E-state index in [4.69, 9.17) is 4.98 Å². The zero-order chi connectivity index (χ0) is 14.1. The van der Waals surface area contributed by atoms with Crippen LogP contribution in [0, 0.1) is 0 Å². The maximum atomic E-state index is 4.83. The summed E-state index contributed by atoms with van der Waals surface area (Å²) in [6, 6.07) is 11.1. The molecule has 1 aliphatic rings. The van der Waals surface area contributed by atoms with E-state index in [9.17, 15) is 0 Å². The summed E-state index contributed by atoms with van der Waals surface area (Å²) >= 11 is 3.59. The van der Waals surface area contributed by atoms with Gasteiger partial charge >= 0.3 is 0 Å². The molecule has 4 heteroatoms. The molecule has 1 aromatic carbocycles. The average molecular weight is 334 g/mol. The van der Waals surface area contributed by atoms with Gasteiger partial charge in [0.2, 0.25) is 0 Å². The van der Waals surface area contributed by atoms with Crippen LogP contribution < -0.4 is 4.90 Å². The molecule has 20 heavy (non-hydrogen) atoms. The van der Waals surface area contributed by atoms with Crippen LogP contribution in [-0.2, 0) is 0 Å². The predicted octanol–water partition coefficient (Wildman–Crippen LogP) is 3.53. The Hall–Kier alpha value is -1.13. The number of fused-ring (bicyclic) bond motifs is 1. The highest BCUT2D eigenvalue weighted by atomic mass is 79.9. The predicted molar refractivity (Wildman–Crippen MR) is 88.4 cm³/mol. The van der Waals surface area contributed by atoms with Crippen molar-refractivity contribution in [2.75, 3.05) is 31.1 Å². The van der Waals surface area contributed by atoms with Crippen molar-refractivity contribution in [3.63, 3.8) is 0 Å². The van der Waals surface area contributed by atoms with E-state index in [2.05, 4.69) is 69.9 Å².